The smallest absolute Gasteiger partial charge is 0.606 e. The molecule has 5 fully saturated rings. The van der Waals surface area contributed by atoms with Gasteiger partial charge in [-0.25, -0.2) is 0 Å². The summed E-state index contributed by atoms with van der Waals surface area (Å²) in [6, 6.07) is 0. The third kappa shape index (κ3) is 2.67. The Balaban J connectivity index is 0.000000845. The number of carbonyl (C=O) groups excluding carboxylic acids is 4. The van der Waals surface area contributed by atoms with Gasteiger partial charge in [0.2, 0.25) is 0 Å². The van der Waals surface area contributed by atoms with Crippen molar-refractivity contribution in [2.24, 2.45) is 0 Å². The molecule has 0 aliphatic carbocycles. The molecule has 4 unspecified atom stereocenters. The van der Waals surface area contributed by atoms with Gasteiger partial charge in [0, 0.05) is 0 Å². The first-order valence-corrected chi connectivity index (χ1v) is 6.28. The minimum atomic E-state index is -3.24. The maximum atomic E-state index is 11.8. The van der Waals surface area contributed by atoms with Gasteiger partial charge in [0.15, 0.2) is 0 Å². The van der Waals surface area contributed by atoms with E-state index in [1.807, 2.05) is 0 Å². The number of hydrogen-bond donors (Lipinski definition) is 0. The molecule has 5 rings (SSSR count). The van der Waals surface area contributed by atoms with Gasteiger partial charge in [-0.15, -0.1) is 0 Å². The first-order valence-electron chi connectivity index (χ1n) is 6.28. The quantitative estimate of drug-likeness (QED) is 0.361. The Hall–Kier alpha value is 1.12. The van der Waals surface area contributed by atoms with Crippen molar-refractivity contribution in [2.45, 2.75) is 24.4 Å². The van der Waals surface area contributed by atoms with Crippen LogP contribution in [0.2, 0.25) is 0 Å². The van der Waals surface area contributed by atoms with Crippen LogP contribution >= 0.6 is 0 Å². The summed E-state index contributed by atoms with van der Waals surface area (Å²) < 4.78 is 39.7. The standard InChI is InChI=1S/C8H4B2O12.2K/c11-5-1-2-6(12)20-10(16-2)18-4(8(14)22-10)3-7(13)21-9(15-1,17-3)19-5;;/h1-4H;;/q-2;2*+1. The molecule has 12 nitrogen and oxygen atoms in total. The van der Waals surface area contributed by atoms with Crippen molar-refractivity contribution in [2.75, 3.05) is 0 Å². The normalized spacial score (nSPS) is 47.0. The van der Waals surface area contributed by atoms with Crippen LogP contribution in [-0.4, -0.2) is 62.2 Å². The predicted octanol–water partition coefficient (Wildman–Crippen LogP) is -9.35. The van der Waals surface area contributed by atoms with E-state index in [0.717, 1.165) is 0 Å². The van der Waals surface area contributed by atoms with Gasteiger partial charge in [0.05, 0.1) is 0 Å². The van der Waals surface area contributed by atoms with Gasteiger partial charge < -0.3 is 37.2 Å². The minimum absolute atomic E-state index is 0. The van der Waals surface area contributed by atoms with Crippen LogP contribution in [-0.2, 0) is 56.4 Å². The number of carbonyl (C=O) groups is 4. The Morgan fingerprint density at radius 1 is 0.500 bits per heavy atom. The van der Waals surface area contributed by atoms with Gasteiger partial charge >= 0.3 is 117 Å². The first-order chi connectivity index (χ1) is 10.4. The molecular weight excluding hydrogens is 388 g/mol. The molecule has 0 aromatic carbocycles. The molecule has 116 valence electrons. The summed E-state index contributed by atoms with van der Waals surface area (Å²) in [5, 5.41) is 0. The summed E-state index contributed by atoms with van der Waals surface area (Å²) in [4.78, 5) is 47.4. The van der Waals surface area contributed by atoms with Crippen LogP contribution in [0.1, 0.15) is 0 Å². The summed E-state index contributed by atoms with van der Waals surface area (Å²) in [7, 11) is 0. The third-order valence-electron chi connectivity index (χ3n) is 3.77. The Labute approximate surface area is 217 Å². The fourth-order valence-corrected chi connectivity index (χ4v) is 2.89. The van der Waals surface area contributed by atoms with E-state index in [0.29, 0.717) is 0 Å². The molecule has 0 aromatic rings. The number of rotatable bonds is 0. The van der Waals surface area contributed by atoms with Crippen LogP contribution in [0.25, 0.3) is 0 Å². The molecule has 4 atom stereocenters. The molecule has 0 N–H and O–H groups in total. The Bertz CT molecular complexity index is 557. The molecule has 0 radical (unpaired) electrons. The van der Waals surface area contributed by atoms with E-state index in [2.05, 4.69) is 0 Å². The molecule has 6 bridgehead atoms. The van der Waals surface area contributed by atoms with Gasteiger partial charge in [-0.2, -0.15) is 0 Å². The molecule has 5 aliphatic rings. The monoisotopic (exact) mass is 392 g/mol. The van der Waals surface area contributed by atoms with E-state index in [1.54, 1.807) is 0 Å². The molecule has 24 heavy (non-hydrogen) atoms. The number of fused-ring (bicyclic) bond motifs is 6. The van der Waals surface area contributed by atoms with Crippen LogP contribution in [0.3, 0.4) is 0 Å². The Morgan fingerprint density at radius 3 is 0.917 bits per heavy atom. The molecular formula is C8H4B2K2O12. The zero-order valence-electron chi connectivity index (χ0n) is 12.4. The second-order valence-corrected chi connectivity index (χ2v) is 5.13. The van der Waals surface area contributed by atoms with E-state index in [4.69, 9.17) is 37.2 Å². The van der Waals surface area contributed by atoms with E-state index in [1.165, 1.54) is 0 Å². The van der Waals surface area contributed by atoms with E-state index in [-0.39, 0.29) is 103 Å². The topological polar surface area (TPSA) is 142 Å². The summed E-state index contributed by atoms with van der Waals surface area (Å²) in [5.74, 6) is -4.19. The van der Waals surface area contributed by atoms with E-state index in [9.17, 15) is 19.2 Å². The minimum Gasteiger partial charge on any atom is -0.606 e. The summed E-state index contributed by atoms with van der Waals surface area (Å²) in [6.45, 7) is -6.48. The molecule has 5 heterocycles. The average molecular weight is 392 g/mol. The van der Waals surface area contributed by atoms with Gasteiger partial charge in [0.1, 0.15) is 24.4 Å². The fraction of sp³-hybridized carbons (Fsp3) is 0.500. The average Bonchev–Trinajstić information content (AvgIpc) is 3.09. The van der Waals surface area contributed by atoms with E-state index < -0.39 is 62.2 Å². The summed E-state index contributed by atoms with van der Waals surface area (Å²) in [6.07, 6.45) is -6.45. The fourth-order valence-electron chi connectivity index (χ4n) is 2.89. The van der Waals surface area contributed by atoms with Crippen molar-refractivity contribution in [3.63, 3.8) is 0 Å². The first kappa shape index (κ1) is 19.9. The summed E-state index contributed by atoms with van der Waals surface area (Å²) in [5.41, 5.74) is 0. The van der Waals surface area contributed by atoms with Crippen LogP contribution in [0, 0.1) is 0 Å². The molecule has 5 aliphatic heterocycles. The van der Waals surface area contributed by atoms with Gasteiger partial charge in [-0.05, 0) is 0 Å². The van der Waals surface area contributed by atoms with Gasteiger partial charge in [-0.3, -0.25) is 19.2 Å². The molecule has 0 saturated carbocycles. The Morgan fingerprint density at radius 2 is 0.708 bits per heavy atom. The van der Waals surface area contributed by atoms with Crippen LogP contribution in [0.5, 0.6) is 0 Å². The maximum Gasteiger partial charge on any atom is 1.00 e. The van der Waals surface area contributed by atoms with Crippen molar-refractivity contribution in [1.82, 2.24) is 0 Å². The SMILES string of the molecule is O=C1O[B-]23OC(=O)C(O2)C2O[B-]4(OC(=O)C(O4)C1O3)OC2=O.[K+].[K+]. The van der Waals surface area contributed by atoms with Gasteiger partial charge in [0.25, 0.3) is 23.9 Å². The van der Waals surface area contributed by atoms with E-state index >= 15 is 0 Å². The number of hydrogen-bond acceptors (Lipinski definition) is 12. The van der Waals surface area contributed by atoms with Crippen LogP contribution < -0.4 is 103 Å². The van der Waals surface area contributed by atoms with Gasteiger partial charge in [-0.1, -0.05) is 0 Å². The predicted molar refractivity (Wildman–Crippen MR) is 55.4 cm³/mol. The zero-order valence-corrected chi connectivity index (χ0v) is 18.6. The van der Waals surface area contributed by atoms with Crippen molar-refractivity contribution >= 4 is 37.8 Å². The molecule has 5 saturated heterocycles. The molecule has 2 spiro atoms. The summed E-state index contributed by atoms with van der Waals surface area (Å²) >= 11 is 0. The third-order valence-corrected chi connectivity index (χ3v) is 3.77. The maximum absolute atomic E-state index is 11.8. The largest absolute Gasteiger partial charge is 1.00 e. The molecule has 0 aromatic heterocycles. The Kier molecular flexibility index (Phi) is 5.25. The molecule has 0 amide bonds. The van der Waals surface area contributed by atoms with Crippen molar-refractivity contribution < 1.29 is 159 Å². The van der Waals surface area contributed by atoms with Crippen molar-refractivity contribution in [1.29, 1.82) is 0 Å². The second kappa shape index (κ2) is 6.33. The van der Waals surface area contributed by atoms with Crippen LogP contribution in [0.15, 0.2) is 0 Å². The van der Waals surface area contributed by atoms with Crippen molar-refractivity contribution in [3.05, 3.63) is 0 Å². The second-order valence-electron chi connectivity index (χ2n) is 5.13. The molecule has 16 heteroatoms. The zero-order chi connectivity index (χ0) is 15.3. The van der Waals surface area contributed by atoms with Crippen molar-refractivity contribution in [3.8, 4) is 0 Å². The van der Waals surface area contributed by atoms with Crippen LogP contribution in [0.4, 0.5) is 0 Å².